The first-order valence-corrected chi connectivity index (χ1v) is 6.61. The molecule has 2 rings (SSSR count). The summed E-state index contributed by atoms with van der Waals surface area (Å²) in [4.78, 5) is 25.6. The quantitative estimate of drug-likeness (QED) is 0.785. The molecule has 1 heterocycles. The molecule has 1 aliphatic rings. The number of benzene rings is 1. The molecule has 0 bridgehead atoms. The summed E-state index contributed by atoms with van der Waals surface area (Å²) in [6.07, 6.45) is 1.63. The topological polar surface area (TPSA) is 46.6 Å². The molecule has 0 aliphatic carbocycles. The van der Waals surface area contributed by atoms with Crippen molar-refractivity contribution in [2.24, 2.45) is 5.92 Å². The minimum Gasteiger partial charge on any atom is -0.465 e. The van der Waals surface area contributed by atoms with Crippen molar-refractivity contribution in [1.29, 1.82) is 0 Å². The molecular formula is C15H19NO3. The zero-order valence-corrected chi connectivity index (χ0v) is 11.6. The molecule has 4 heteroatoms. The van der Waals surface area contributed by atoms with E-state index in [0.717, 1.165) is 24.1 Å². The summed E-state index contributed by atoms with van der Waals surface area (Å²) in [5.41, 5.74) is 2.51. The van der Waals surface area contributed by atoms with E-state index in [1.54, 1.807) is 6.07 Å². The molecule has 4 nitrogen and oxygen atoms in total. The lowest BCUT2D eigenvalue weighted by Gasteiger charge is -2.21. The molecule has 1 unspecified atom stereocenters. The lowest BCUT2D eigenvalue weighted by Crippen LogP contribution is -2.33. The average molecular weight is 261 g/mol. The van der Waals surface area contributed by atoms with Crippen LogP contribution >= 0.6 is 0 Å². The van der Waals surface area contributed by atoms with E-state index >= 15 is 0 Å². The molecule has 0 fully saturated rings. The highest BCUT2D eigenvalue weighted by atomic mass is 16.5. The summed E-state index contributed by atoms with van der Waals surface area (Å²) in [7, 11) is 1.37. The largest absolute Gasteiger partial charge is 0.465 e. The van der Waals surface area contributed by atoms with E-state index in [2.05, 4.69) is 0 Å². The van der Waals surface area contributed by atoms with Gasteiger partial charge in [0.05, 0.1) is 12.7 Å². The van der Waals surface area contributed by atoms with Gasteiger partial charge in [0.15, 0.2) is 0 Å². The molecule has 0 radical (unpaired) electrons. The van der Waals surface area contributed by atoms with E-state index in [1.165, 1.54) is 7.11 Å². The zero-order valence-electron chi connectivity index (χ0n) is 11.6. The number of methoxy groups -OCH3 is 1. The molecule has 1 amide bonds. The van der Waals surface area contributed by atoms with E-state index in [9.17, 15) is 9.59 Å². The normalized spacial score (nSPS) is 15.0. The van der Waals surface area contributed by atoms with Gasteiger partial charge in [-0.1, -0.05) is 13.8 Å². The van der Waals surface area contributed by atoms with Crippen molar-refractivity contribution >= 4 is 17.6 Å². The van der Waals surface area contributed by atoms with Crippen molar-refractivity contribution in [1.82, 2.24) is 0 Å². The molecule has 1 aromatic carbocycles. The van der Waals surface area contributed by atoms with Crippen molar-refractivity contribution in [3.8, 4) is 0 Å². The Hall–Kier alpha value is -1.84. The van der Waals surface area contributed by atoms with Crippen LogP contribution in [0.4, 0.5) is 5.69 Å². The van der Waals surface area contributed by atoms with Crippen LogP contribution in [0.5, 0.6) is 0 Å². The van der Waals surface area contributed by atoms with Crippen LogP contribution in [0, 0.1) is 5.92 Å². The molecule has 1 aliphatic heterocycles. The van der Waals surface area contributed by atoms with Gasteiger partial charge in [-0.05, 0) is 36.6 Å². The fraction of sp³-hybridized carbons (Fsp3) is 0.467. The Kier molecular flexibility index (Phi) is 3.88. The van der Waals surface area contributed by atoms with E-state index in [1.807, 2.05) is 30.9 Å². The van der Waals surface area contributed by atoms with Gasteiger partial charge in [-0.25, -0.2) is 4.79 Å². The highest BCUT2D eigenvalue weighted by molar-refractivity contribution is 5.98. The van der Waals surface area contributed by atoms with Crippen molar-refractivity contribution < 1.29 is 14.3 Å². The van der Waals surface area contributed by atoms with Gasteiger partial charge in [-0.3, -0.25) is 4.79 Å². The van der Waals surface area contributed by atoms with E-state index in [-0.39, 0.29) is 17.8 Å². The predicted octanol–water partition coefficient (Wildman–Crippen LogP) is 2.41. The zero-order chi connectivity index (χ0) is 14.0. The number of hydrogen-bond acceptors (Lipinski definition) is 3. The Bertz CT molecular complexity index is 510. The van der Waals surface area contributed by atoms with Crippen LogP contribution in [0.1, 0.15) is 36.2 Å². The maximum Gasteiger partial charge on any atom is 0.337 e. The summed E-state index contributed by atoms with van der Waals surface area (Å²) >= 11 is 0. The average Bonchev–Trinajstić information content (AvgIpc) is 2.87. The molecule has 102 valence electrons. The van der Waals surface area contributed by atoms with Crippen LogP contribution in [0.15, 0.2) is 18.2 Å². The Morgan fingerprint density at radius 3 is 2.79 bits per heavy atom. The maximum absolute atomic E-state index is 12.2. The maximum atomic E-state index is 12.2. The Morgan fingerprint density at radius 2 is 2.16 bits per heavy atom. The molecule has 0 saturated heterocycles. The van der Waals surface area contributed by atoms with Crippen molar-refractivity contribution in [2.45, 2.75) is 26.7 Å². The van der Waals surface area contributed by atoms with Crippen LogP contribution in [0.3, 0.4) is 0 Å². The van der Waals surface area contributed by atoms with Gasteiger partial charge in [0.2, 0.25) is 5.91 Å². The number of fused-ring (bicyclic) bond motifs is 1. The summed E-state index contributed by atoms with van der Waals surface area (Å²) in [5.74, 6) is -0.146. The molecule has 19 heavy (non-hydrogen) atoms. The molecule has 0 saturated carbocycles. The number of anilines is 1. The molecule has 1 atom stereocenters. The fourth-order valence-corrected chi connectivity index (χ4v) is 2.32. The summed E-state index contributed by atoms with van der Waals surface area (Å²) in [5, 5.41) is 0. The second-order valence-corrected chi connectivity index (χ2v) is 4.88. The lowest BCUT2D eigenvalue weighted by molar-refractivity contribution is -0.121. The van der Waals surface area contributed by atoms with Gasteiger partial charge in [0.25, 0.3) is 0 Å². The van der Waals surface area contributed by atoms with Crippen molar-refractivity contribution in [3.63, 3.8) is 0 Å². The van der Waals surface area contributed by atoms with Crippen LogP contribution in [0.2, 0.25) is 0 Å². The SMILES string of the molecule is CCC(C)C(=O)N1CCc2cc(C(=O)OC)ccc21. The highest BCUT2D eigenvalue weighted by Gasteiger charge is 2.27. The third-order valence-electron chi connectivity index (χ3n) is 3.70. The Labute approximate surface area is 113 Å². The molecular weight excluding hydrogens is 242 g/mol. The van der Waals surface area contributed by atoms with Gasteiger partial charge in [-0.15, -0.1) is 0 Å². The smallest absolute Gasteiger partial charge is 0.337 e. The van der Waals surface area contributed by atoms with Gasteiger partial charge in [0, 0.05) is 18.2 Å². The third-order valence-corrected chi connectivity index (χ3v) is 3.70. The van der Waals surface area contributed by atoms with Crippen LogP contribution < -0.4 is 4.90 Å². The van der Waals surface area contributed by atoms with Crippen LogP contribution in [0.25, 0.3) is 0 Å². The molecule has 1 aromatic rings. The number of nitrogens with zero attached hydrogens (tertiary/aromatic N) is 1. The monoisotopic (exact) mass is 261 g/mol. The van der Waals surface area contributed by atoms with Crippen LogP contribution in [-0.2, 0) is 16.0 Å². The lowest BCUT2D eigenvalue weighted by atomic mass is 10.1. The van der Waals surface area contributed by atoms with Gasteiger partial charge in [0.1, 0.15) is 0 Å². The fourth-order valence-electron chi connectivity index (χ4n) is 2.32. The number of esters is 1. The first-order valence-electron chi connectivity index (χ1n) is 6.61. The number of ether oxygens (including phenoxy) is 1. The third kappa shape index (κ3) is 2.48. The van der Waals surface area contributed by atoms with Gasteiger partial charge < -0.3 is 9.64 Å². The van der Waals surface area contributed by atoms with E-state index < -0.39 is 0 Å². The number of rotatable bonds is 3. The van der Waals surface area contributed by atoms with Gasteiger partial charge >= 0.3 is 5.97 Å². The summed E-state index contributed by atoms with van der Waals surface area (Å²) < 4.78 is 4.71. The second-order valence-electron chi connectivity index (χ2n) is 4.88. The Morgan fingerprint density at radius 1 is 1.42 bits per heavy atom. The molecule has 0 spiro atoms. The number of hydrogen-bond donors (Lipinski definition) is 0. The van der Waals surface area contributed by atoms with Crippen LogP contribution in [-0.4, -0.2) is 25.5 Å². The Balaban J connectivity index is 2.27. The van der Waals surface area contributed by atoms with E-state index in [0.29, 0.717) is 12.1 Å². The summed E-state index contributed by atoms with van der Waals surface area (Å²) in [6, 6.07) is 5.38. The highest BCUT2D eigenvalue weighted by Crippen LogP contribution is 2.30. The minimum atomic E-state index is -0.338. The van der Waals surface area contributed by atoms with E-state index in [4.69, 9.17) is 4.74 Å². The predicted molar refractivity (Wildman–Crippen MR) is 73.3 cm³/mol. The number of carbonyl (C=O) groups is 2. The molecule has 0 N–H and O–H groups in total. The van der Waals surface area contributed by atoms with Crippen molar-refractivity contribution in [2.75, 3.05) is 18.6 Å². The van der Waals surface area contributed by atoms with Crippen molar-refractivity contribution in [3.05, 3.63) is 29.3 Å². The minimum absolute atomic E-state index is 0.0335. The standard InChI is InChI=1S/C15H19NO3/c1-4-10(2)14(17)16-8-7-11-9-12(15(18)19-3)5-6-13(11)16/h5-6,9-10H,4,7-8H2,1-3H3. The van der Waals surface area contributed by atoms with Gasteiger partial charge in [-0.2, -0.15) is 0 Å². The first-order chi connectivity index (χ1) is 9.08. The first kappa shape index (κ1) is 13.6. The summed E-state index contributed by atoms with van der Waals surface area (Å²) in [6.45, 7) is 4.66. The molecule has 0 aromatic heterocycles. The number of carbonyl (C=O) groups excluding carboxylic acids is 2. The number of amides is 1. The second kappa shape index (κ2) is 5.43.